The highest BCUT2D eigenvalue weighted by atomic mass is 16.1. The lowest BCUT2D eigenvalue weighted by Crippen LogP contribution is -2.21. The summed E-state index contributed by atoms with van der Waals surface area (Å²) >= 11 is 0. The summed E-state index contributed by atoms with van der Waals surface area (Å²) in [6, 6.07) is 6.30. The van der Waals surface area contributed by atoms with Gasteiger partial charge in [-0.3, -0.25) is 4.79 Å². The first-order valence-electron chi connectivity index (χ1n) is 7.87. The maximum Gasteiger partial charge on any atom is 0.224 e. The molecule has 3 nitrogen and oxygen atoms in total. The van der Waals surface area contributed by atoms with Gasteiger partial charge in [0.25, 0.3) is 0 Å². The number of fused-ring (bicyclic) bond motifs is 1. The monoisotopic (exact) mass is 272 g/mol. The fourth-order valence-electron chi connectivity index (χ4n) is 3.50. The van der Waals surface area contributed by atoms with Crippen molar-refractivity contribution in [2.45, 2.75) is 45.4 Å². The number of nitrogens with one attached hydrogen (secondary N) is 2. The second-order valence-electron chi connectivity index (χ2n) is 6.44. The van der Waals surface area contributed by atoms with Crippen molar-refractivity contribution in [3.05, 3.63) is 23.8 Å². The van der Waals surface area contributed by atoms with E-state index in [-0.39, 0.29) is 5.91 Å². The van der Waals surface area contributed by atoms with Crippen molar-refractivity contribution in [2.75, 3.05) is 17.2 Å². The molecular formula is C17H24N2O. The van der Waals surface area contributed by atoms with Crippen molar-refractivity contribution in [1.29, 1.82) is 0 Å². The van der Waals surface area contributed by atoms with Crippen molar-refractivity contribution in [3.63, 3.8) is 0 Å². The van der Waals surface area contributed by atoms with Crippen molar-refractivity contribution < 1.29 is 4.79 Å². The molecule has 1 aromatic carbocycles. The van der Waals surface area contributed by atoms with E-state index in [1.807, 2.05) is 6.07 Å². The Morgan fingerprint density at radius 3 is 3.05 bits per heavy atom. The Balaban J connectivity index is 1.59. The molecule has 1 aromatic rings. The first kappa shape index (κ1) is 13.5. The van der Waals surface area contributed by atoms with Crippen molar-refractivity contribution in [2.24, 2.45) is 11.8 Å². The van der Waals surface area contributed by atoms with Gasteiger partial charge in [0.15, 0.2) is 0 Å². The maximum absolute atomic E-state index is 11.3. The molecule has 1 fully saturated rings. The van der Waals surface area contributed by atoms with Crippen LogP contribution in [0.2, 0.25) is 0 Å². The fraction of sp³-hybridized carbons (Fsp3) is 0.588. The van der Waals surface area contributed by atoms with Gasteiger partial charge < -0.3 is 10.6 Å². The number of benzene rings is 1. The van der Waals surface area contributed by atoms with Crippen molar-refractivity contribution in [1.82, 2.24) is 0 Å². The SMILES string of the molecule is CC1CCCC(CNc2ccc3c(c2)CCC(=O)N3)C1. The van der Waals surface area contributed by atoms with E-state index in [1.54, 1.807) is 0 Å². The van der Waals surface area contributed by atoms with E-state index < -0.39 is 0 Å². The number of carbonyl (C=O) groups excluding carboxylic acids is 1. The van der Waals surface area contributed by atoms with E-state index >= 15 is 0 Å². The zero-order valence-corrected chi connectivity index (χ0v) is 12.2. The average molecular weight is 272 g/mol. The Bertz CT molecular complexity index is 498. The van der Waals surface area contributed by atoms with Crippen LogP contribution in [0.3, 0.4) is 0 Å². The van der Waals surface area contributed by atoms with Gasteiger partial charge in [0, 0.05) is 24.3 Å². The fourth-order valence-corrected chi connectivity index (χ4v) is 3.50. The topological polar surface area (TPSA) is 41.1 Å². The van der Waals surface area contributed by atoms with Gasteiger partial charge in [0.05, 0.1) is 0 Å². The average Bonchev–Trinajstić information content (AvgIpc) is 2.45. The smallest absolute Gasteiger partial charge is 0.224 e. The van der Waals surface area contributed by atoms with E-state index in [2.05, 4.69) is 29.7 Å². The predicted octanol–water partition coefficient (Wildman–Crippen LogP) is 3.81. The van der Waals surface area contributed by atoms with Gasteiger partial charge in [-0.05, 0) is 54.9 Å². The largest absolute Gasteiger partial charge is 0.385 e. The molecule has 2 N–H and O–H groups in total. The summed E-state index contributed by atoms with van der Waals surface area (Å²) in [6.45, 7) is 3.45. The second-order valence-corrected chi connectivity index (χ2v) is 6.44. The van der Waals surface area contributed by atoms with Crippen LogP contribution in [-0.2, 0) is 11.2 Å². The molecular weight excluding hydrogens is 248 g/mol. The molecule has 1 aliphatic carbocycles. The van der Waals surface area contributed by atoms with Crippen molar-refractivity contribution >= 4 is 17.3 Å². The third-order valence-corrected chi connectivity index (χ3v) is 4.64. The molecule has 2 unspecified atom stereocenters. The Hall–Kier alpha value is -1.51. The van der Waals surface area contributed by atoms with Gasteiger partial charge in [-0.2, -0.15) is 0 Å². The predicted molar refractivity (Wildman–Crippen MR) is 83.0 cm³/mol. The highest BCUT2D eigenvalue weighted by Gasteiger charge is 2.19. The number of rotatable bonds is 3. The van der Waals surface area contributed by atoms with Crippen LogP contribution in [0.25, 0.3) is 0 Å². The third kappa shape index (κ3) is 3.14. The standard InChI is InChI=1S/C17H24N2O/c1-12-3-2-4-13(9-12)11-18-15-6-7-16-14(10-15)5-8-17(20)19-16/h6-7,10,12-13,18H,2-5,8-9,11H2,1H3,(H,19,20). The van der Waals surface area contributed by atoms with Gasteiger partial charge >= 0.3 is 0 Å². The maximum atomic E-state index is 11.3. The molecule has 0 spiro atoms. The molecule has 1 amide bonds. The molecule has 2 aliphatic rings. The van der Waals surface area contributed by atoms with E-state index in [9.17, 15) is 4.79 Å². The summed E-state index contributed by atoms with van der Waals surface area (Å²) in [6.07, 6.45) is 6.96. The molecule has 0 aromatic heterocycles. The highest BCUT2D eigenvalue weighted by Crippen LogP contribution is 2.30. The molecule has 0 saturated heterocycles. The Labute approximate surface area is 121 Å². The molecule has 1 saturated carbocycles. The van der Waals surface area contributed by atoms with E-state index in [0.717, 1.165) is 30.5 Å². The number of aryl methyl sites for hydroxylation is 1. The minimum atomic E-state index is 0.134. The lowest BCUT2D eigenvalue weighted by molar-refractivity contribution is -0.116. The number of hydrogen-bond acceptors (Lipinski definition) is 2. The van der Waals surface area contributed by atoms with Gasteiger partial charge in [0.1, 0.15) is 0 Å². The molecule has 0 radical (unpaired) electrons. The normalized spacial score (nSPS) is 25.8. The quantitative estimate of drug-likeness (QED) is 0.878. The number of carbonyl (C=O) groups is 1. The van der Waals surface area contributed by atoms with Crippen LogP contribution in [0, 0.1) is 11.8 Å². The zero-order valence-electron chi connectivity index (χ0n) is 12.2. The number of amides is 1. The van der Waals surface area contributed by atoms with Crippen LogP contribution in [-0.4, -0.2) is 12.5 Å². The first-order chi connectivity index (χ1) is 9.70. The van der Waals surface area contributed by atoms with Gasteiger partial charge in [-0.1, -0.05) is 19.8 Å². The summed E-state index contributed by atoms with van der Waals surface area (Å²) in [4.78, 5) is 11.3. The lowest BCUT2D eigenvalue weighted by Gasteiger charge is -2.27. The number of anilines is 2. The minimum absolute atomic E-state index is 0.134. The van der Waals surface area contributed by atoms with Crippen LogP contribution in [0.1, 0.15) is 44.6 Å². The Kier molecular flexibility index (Phi) is 3.95. The Morgan fingerprint density at radius 2 is 2.20 bits per heavy atom. The molecule has 3 rings (SSSR count). The zero-order chi connectivity index (χ0) is 13.9. The van der Waals surface area contributed by atoms with Crippen LogP contribution >= 0.6 is 0 Å². The lowest BCUT2D eigenvalue weighted by atomic mass is 9.82. The molecule has 2 atom stereocenters. The summed E-state index contributed by atoms with van der Waals surface area (Å²) in [5, 5.41) is 6.52. The molecule has 3 heteroatoms. The molecule has 1 heterocycles. The van der Waals surface area contributed by atoms with Gasteiger partial charge in [-0.25, -0.2) is 0 Å². The molecule has 20 heavy (non-hydrogen) atoms. The van der Waals surface area contributed by atoms with Crippen LogP contribution in [0.5, 0.6) is 0 Å². The Morgan fingerprint density at radius 1 is 1.30 bits per heavy atom. The summed E-state index contributed by atoms with van der Waals surface area (Å²) < 4.78 is 0. The van der Waals surface area contributed by atoms with E-state index in [4.69, 9.17) is 0 Å². The minimum Gasteiger partial charge on any atom is -0.385 e. The number of hydrogen-bond donors (Lipinski definition) is 2. The third-order valence-electron chi connectivity index (χ3n) is 4.64. The molecule has 1 aliphatic heterocycles. The van der Waals surface area contributed by atoms with E-state index in [1.165, 1.54) is 36.9 Å². The van der Waals surface area contributed by atoms with Crippen LogP contribution in [0.15, 0.2) is 18.2 Å². The second kappa shape index (κ2) is 5.86. The summed E-state index contributed by atoms with van der Waals surface area (Å²) in [5.74, 6) is 1.83. The van der Waals surface area contributed by atoms with Crippen LogP contribution in [0.4, 0.5) is 11.4 Å². The summed E-state index contributed by atoms with van der Waals surface area (Å²) in [7, 11) is 0. The highest BCUT2D eigenvalue weighted by molar-refractivity contribution is 5.94. The van der Waals surface area contributed by atoms with Gasteiger partial charge in [0.2, 0.25) is 5.91 Å². The summed E-state index contributed by atoms with van der Waals surface area (Å²) in [5.41, 5.74) is 3.43. The molecule has 0 bridgehead atoms. The van der Waals surface area contributed by atoms with Crippen LogP contribution < -0.4 is 10.6 Å². The van der Waals surface area contributed by atoms with Crippen molar-refractivity contribution in [3.8, 4) is 0 Å². The first-order valence-corrected chi connectivity index (χ1v) is 7.87. The van der Waals surface area contributed by atoms with E-state index in [0.29, 0.717) is 6.42 Å². The molecule has 108 valence electrons. The van der Waals surface area contributed by atoms with Gasteiger partial charge in [-0.15, -0.1) is 0 Å².